The fraction of sp³-hybridized carbons (Fsp3) is 0.700. The fourth-order valence-electron chi connectivity index (χ4n) is 8.23. The van der Waals surface area contributed by atoms with Gasteiger partial charge >= 0.3 is 0 Å². The van der Waals surface area contributed by atoms with Gasteiger partial charge in [0.2, 0.25) is 11.8 Å². The van der Waals surface area contributed by atoms with Crippen LogP contribution in [-0.4, -0.2) is 46.5 Å². The smallest absolute Gasteiger partial charge is 0.255 e. The van der Waals surface area contributed by atoms with E-state index in [1.807, 2.05) is 23.9 Å². The van der Waals surface area contributed by atoms with Gasteiger partial charge in [0, 0.05) is 29.0 Å². The quantitative estimate of drug-likeness (QED) is 0.228. The topological polar surface area (TPSA) is 78.5 Å². The number of amides is 3. The molecule has 3 atom stereocenters. The van der Waals surface area contributed by atoms with Crippen molar-refractivity contribution in [3.8, 4) is 0 Å². The molecule has 2 heterocycles. The van der Waals surface area contributed by atoms with Crippen molar-refractivity contribution >= 4 is 29.5 Å². The summed E-state index contributed by atoms with van der Waals surface area (Å²) >= 11 is 1.83. The molecule has 1 saturated heterocycles. The molecule has 1 aromatic rings. The van der Waals surface area contributed by atoms with Crippen molar-refractivity contribution in [1.82, 2.24) is 15.5 Å². The molecule has 4 aliphatic carbocycles. The molecule has 37 heavy (non-hydrogen) atoms. The first-order valence-electron chi connectivity index (χ1n) is 14.7. The first-order valence-corrected chi connectivity index (χ1v) is 15.7. The lowest BCUT2D eigenvalue weighted by Crippen LogP contribution is -2.52. The minimum atomic E-state index is -0.548. The van der Waals surface area contributed by atoms with Gasteiger partial charge in [0.15, 0.2) is 0 Å². The predicted molar refractivity (Wildman–Crippen MR) is 145 cm³/mol. The summed E-state index contributed by atoms with van der Waals surface area (Å²) in [5.74, 6) is 3.42. The van der Waals surface area contributed by atoms with E-state index in [9.17, 15) is 14.4 Å². The van der Waals surface area contributed by atoms with Crippen molar-refractivity contribution in [2.75, 3.05) is 12.3 Å². The minimum absolute atomic E-state index is 0.0887. The van der Waals surface area contributed by atoms with Gasteiger partial charge in [-0.05, 0) is 99.1 Å². The second kappa shape index (κ2) is 10.7. The lowest BCUT2D eigenvalue weighted by atomic mass is 9.80. The average Bonchev–Trinajstić information content (AvgIpc) is 3.42. The van der Waals surface area contributed by atoms with Crippen LogP contribution in [0.2, 0.25) is 0 Å². The molecule has 0 spiro atoms. The third-order valence-electron chi connectivity index (χ3n) is 9.83. The highest BCUT2D eigenvalue weighted by Gasteiger charge is 2.57. The van der Waals surface area contributed by atoms with E-state index in [1.165, 1.54) is 77.2 Å². The van der Waals surface area contributed by atoms with Gasteiger partial charge in [-0.3, -0.25) is 19.7 Å². The van der Waals surface area contributed by atoms with E-state index < -0.39 is 6.04 Å². The van der Waals surface area contributed by atoms with Gasteiger partial charge in [0.25, 0.3) is 5.91 Å². The Balaban J connectivity index is 0.875. The van der Waals surface area contributed by atoms with Gasteiger partial charge in [-0.1, -0.05) is 31.7 Å². The van der Waals surface area contributed by atoms with E-state index in [1.54, 1.807) is 4.90 Å². The molecule has 6 nitrogen and oxygen atoms in total. The number of nitrogens with one attached hydrogen (secondary N) is 2. The summed E-state index contributed by atoms with van der Waals surface area (Å²) < 4.78 is 0. The number of hydrogen-bond donors (Lipinski definition) is 2. The molecule has 3 unspecified atom stereocenters. The van der Waals surface area contributed by atoms with E-state index in [4.69, 9.17) is 0 Å². The first kappa shape index (κ1) is 25.4. The Labute approximate surface area is 225 Å². The number of rotatable bonds is 12. The molecule has 7 rings (SSSR count). The molecule has 2 aliphatic heterocycles. The highest BCUT2D eigenvalue weighted by molar-refractivity contribution is 7.99. The monoisotopic (exact) mass is 523 g/mol. The number of nitrogens with zero attached hydrogens (tertiary/aromatic N) is 1. The third kappa shape index (κ3) is 5.10. The van der Waals surface area contributed by atoms with Gasteiger partial charge in [-0.25, -0.2) is 0 Å². The van der Waals surface area contributed by atoms with Gasteiger partial charge in [0.1, 0.15) is 6.04 Å². The van der Waals surface area contributed by atoms with E-state index in [0.29, 0.717) is 24.1 Å². The van der Waals surface area contributed by atoms with E-state index in [2.05, 4.69) is 16.7 Å². The normalized spacial score (nSPS) is 31.9. The van der Waals surface area contributed by atoms with E-state index in [-0.39, 0.29) is 24.1 Å². The molecule has 0 radical (unpaired) electrons. The van der Waals surface area contributed by atoms with Crippen molar-refractivity contribution in [1.29, 1.82) is 0 Å². The largest absolute Gasteiger partial charge is 0.322 e. The molecule has 4 saturated carbocycles. The van der Waals surface area contributed by atoms with Crippen LogP contribution in [0.1, 0.15) is 99.4 Å². The molecule has 7 heteroatoms. The Morgan fingerprint density at radius 1 is 0.973 bits per heavy atom. The Morgan fingerprint density at radius 2 is 1.73 bits per heavy atom. The zero-order valence-corrected chi connectivity index (χ0v) is 22.8. The molecule has 2 N–H and O–H groups in total. The number of benzene rings is 1. The number of unbranched alkanes of at least 4 members (excludes halogenated alkanes) is 5. The number of piperidine rings is 1. The van der Waals surface area contributed by atoms with Crippen molar-refractivity contribution < 1.29 is 14.4 Å². The summed E-state index contributed by atoms with van der Waals surface area (Å²) in [6, 6.07) is 5.36. The van der Waals surface area contributed by atoms with Gasteiger partial charge < -0.3 is 10.2 Å². The summed E-state index contributed by atoms with van der Waals surface area (Å²) in [5, 5.41) is 6.41. The molecule has 1 aromatic carbocycles. The van der Waals surface area contributed by atoms with Crippen LogP contribution in [0.3, 0.4) is 0 Å². The summed E-state index contributed by atoms with van der Waals surface area (Å²) in [5.41, 5.74) is 2.28. The Bertz CT molecular complexity index is 1040. The Kier molecular flexibility index (Phi) is 7.37. The van der Waals surface area contributed by atoms with Crippen molar-refractivity contribution in [2.45, 2.75) is 106 Å². The van der Waals surface area contributed by atoms with Gasteiger partial charge in [-0.2, -0.15) is 0 Å². The van der Waals surface area contributed by atoms with Crippen LogP contribution in [0, 0.1) is 17.8 Å². The summed E-state index contributed by atoms with van der Waals surface area (Å²) in [6.07, 6.45) is 15.8. The molecular formula is C30H41N3O3S. The van der Waals surface area contributed by atoms with Gasteiger partial charge in [0.05, 0.1) is 0 Å². The first-order chi connectivity index (χ1) is 18.0. The summed E-state index contributed by atoms with van der Waals surface area (Å²) in [7, 11) is 0. The average molecular weight is 524 g/mol. The number of hydrogen-bond acceptors (Lipinski definition) is 5. The zero-order chi connectivity index (χ0) is 25.4. The van der Waals surface area contributed by atoms with Crippen molar-refractivity contribution in [3.05, 3.63) is 29.3 Å². The second-order valence-electron chi connectivity index (χ2n) is 12.3. The fourth-order valence-corrected chi connectivity index (χ4v) is 9.32. The van der Waals surface area contributed by atoms with Gasteiger partial charge in [-0.15, -0.1) is 11.8 Å². The molecule has 5 fully saturated rings. The number of carbonyl (C=O) groups is 3. The Hall–Kier alpha value is -1.86. The standard InChI is InChI=1S/C30H41N3O3S/c34-27-11-10-25(28(35)32-27)33-19-24-23(29(33)36)8-7-9-26(24)37-13-6-4-2-1-3-5-12-31-30-17-20-14-21(18-30)16-22(30)15-20/h7-9,20-22,25,31H,1-6,10-19H2,(H,32,34,35). The number of thioether (sulfide) groups is 1. The van der Waals surface area contributed by atoms with Crippen molar-refractivity contribution in [2.24, 2.45) is 17.8 Å². The molecule has 4 bridgehead atoms. The van der Waals surface area contributed by atoms with Crippen LogP contribution in [0.5, 0.6) is 0 Å². The van der Waals surface area contributed by atoms with Crippen LogP contribution < -0.4 is 10.6 Å². The molecule has 0 aromatic heterocycles. The summed E-state index contributed by atoms with van der Waals surface area (Å²) in [6.45, 7) is 1.67. The number of imide groups is 1. The Morgan fingerprint density at radius 3 is 2.51 bits per heavy atom. The predicted octanol–water partition coefficient (Wildman–Crippen LogP) is 5.05. The lowest BCUT2D eigenvalue weighted by molar-refractivity contribution is -0.136. The van der Waals surface area contributed by atoms with Crippen LogP contribution in [0.25, 0.3) is 0 Å². The van der Waals surface area contributed by atoms with Crippen molar-refractivity contribution in [3.63, 3.8) is 0 Å². The SMILES string of the molecule is O=C1CCC(N2Cc3c(SCCCCCCCCNC45CC6CC(CC4C6)C5)cccc3C2=O)C(=O)N1. The molecule has 200 valence electrons. The highest BCUT2D eigenvalue weighted by atomic mass is 32.2. The zero-order valence-electron chi connectivity index (χ0n) is 21.9. The number of carbonyl (C=O) groups excluding carboxylic acids is 3. The van der Waals surface area contributed by atoms with Crippen LogP contribution in [-0.2, 0) is 16.1 Å². The number of fused-ring (bicyclic) bond motifs is 1. The maximum atomic E-state index is 13.0. The highest BCUT2D eigenvalue weighted by Crippen LogP contribution is 2.60. The van der Waals surface area contributed by atoms with E-state index in [0.717, 1.165) is 34.0 Å². The maximum Gasteiger partial charge on any atom is 0.255 e. The van der Waals surface area contributed by atoms with Crippen LogP contribution in [0.4, 0.5) is 0 Å². The minimum Gasteiger partial charge on any atom is -0.322 e. The third-order valence-corrected chi connectivity index (χ3v) is 11.0. The summed E-state index contributed by atoms with van der Waals surface area (Å²) in [4.78, 5) is 39.6. The lowest BCUT2D eigenvalue weighted by Gasteiger charge is -2.34. The van der Waals surface area contributed by atoms with E-state index >= 15 is 0 Å². The molecule has 6 aliphatic rings. The molecule has 3 amide bonds. The van der Waals surface area contributed by atoms with Crippen LogP contribution >= 0.6 is 11.8 Å². The van der Waals surface area contributed by atoms with Crippen LogP contribution in [0.15, 0.2) is 23.1 Å². The maximum absolute atomic E-state index is 13.0. The second-order valence-corrected chi connectivity index (χ2v) is 13.4. The molecular weight excluding hydrogens is 482 g/mol.